The van der Waals surface area contributed by atoms with Crippen LogP contribution in [0.15, 0.2) is 11.8 Å². The molecule has 0 saturated carbocycles. The van der Waals surface area contributed by atoms with Gasteiger partial charge in [-0.2, -0.15) is 0 Å². The normalized spacial score (nSPS) is 25.6. The first-order valence-electron chi connectivity index (χ1n) is 8.59. The Morgan fingerprint density at radius 2 is 1.81 bits per heavy atom. The zero-order valence-corrected chi connectivity index (χ0v) is 16.4. The van der Waals surface area contributed by atoms with Crippen LogP contribution in [0.5, 0.6) is 0 Å². The van der Waals surface area contributed by atoms with Crippen molar-refractivity contribution in [3.63, 3.8) is 0 Å². The summed E-state index contributed by atoms with van der Waals surface area (Å²) in [6.07, 6.45) is 10.3. The Balaban J connectivity index is 1.93. The van der Waals surface area contributed by atoms with E-state index in [-0.39, 0.29) is 0 Å². The molecular formula is C17H33NOSSi. The van der Waals surface area contributed by atoms with E-state index in [0.717, 1.165) is 6.42 Å². The first-order chi connectivity index (χ1) is 9.78. The fourth-order valence-electron chi connectivity index (χ4n) is 2.66. The van der Waals surface area contributed by atoms with Crippen molar-refractivity contribution in [3.8, 4) is 0 Å². The third-order valence-electron chi connectivity index (χ3n) is 5.08. The van der Waals surface area contributed by atoms with Gasteiger partial charge in [0.25, 0.3) is 0 Å². The van der Waals surface area contributed by atoms with Crippen LogP contribution in [0.1, 0.15) is 59.3 Å². The summed E-state index contributed by atoms with van der Waals surface area (Å²) >= 11 is 2.07. The fraction of sp³-hybridized carbons (Fsp3) is 0.882. The number of hydrogen-bond acceptors (Lipinski definition) is 3. The second-order valence-electron chi connectivity index (χ2n) is 8.02. The molecule has 0 aromatic heterocycles. The standard InChI is InChI=1S/C17H33NOSSi/c1-17(2,3)21(4,5)19-15-10-9-11-16(14-15)20-18-12-7-6-8-13-18/h14,16H,6-13H2,1-5H3. The molecular weight excluding hydrogens is 294 g/mol. The molecule has 0 bridgehead atoms. The Labute approximate surface area is 137 Å². The van der Waals surface area contributed by atoms with Crippen molar-refractivity contribution in [1.29, 1.82) is 0 Å². The first kappa shape index (κ1) is 17.4. The van der Waals surface area contributed by atoms with E-state index in [0.29, 0.717) is 10.3 Å². The molecule has 122 valence electrons. The molecule has 0 aromatic carbocycles. The molecule has 1 heterocycles. The Kier molecular flexibility index (Phi) is 5.89. The molecule has 1 aliphatic carbocycles. The van der Waals surface area contributed by atoms with Crippen molar-refractivity contribution in [2.75, 3.05) is 13.1 Å². The highest BCUT2D eigenvalue weighted by atomic mass is 32.2. The lowest BCUT2D eigenvalue weighted by atomic mass is 10.1. The van der Waals surface area contributed by atoms with Gasteiger partial charge in [0.2, 0.25) is 8.32 Å². The van der Waals surface area contributed by atoms with Crippen LogP contribution in [-0.4, -0.2) is 31.0 Å². The van der Waals surface area contributed by atoms with Gasteiger partial charge in [-0.25, -0.2) is 0 Å². The number of allylic oxidation sites excluding steroid dienone is 1. The maximum atomic E-state index is 6.53. The Hall–Kier alpha value is 0.0669. The van der Waals surface area contributed by atoms with Crippen LogP contribution in [0.3, 0.4) is 0 Å². The second-order valence-corrected chi connectivity index (χ2v) is 14.1. The second kappa shape index (κ2) is 7.09. The molecule has 21 heavy (non-hydrogen) atoms. The summed E-state index contributed by atoms with van der Waals surface area (Å²) in [6, 6.07) is 0. The highest BCUT2D eigenvalue weighted by Gasteiger charge is 2.39. The molecule has 1 unspecified atom stereocenters. The zero-order chi connectivity index (χ0) is 15.5. The van der Waals surface area contributed by atoms with Crippen LogP contribution < -0.4 is 0 Å². The van der Waals surface area contributed by atoms with Crippen molar-refractivity contribution in [3.05, 3.63) is 11.8 Å². The fourth-order valence-corrected chi connectivity index (χ4v) is 5.13. The van der Waals surface area contributed by atoms with Crippen LogP contribution >= 0.6 is 11.9 Å². The van der Waals surface area contributed by atoms with Crippen molar-refractivity contribution in [2.24, 2.45) is 0 Å². The van der Waals surface area contributed by atoms with Gasteiger partial charge in [-0.3, -0.25) is 4.31 Å². The van der Waals surface area contributed by atoms with Crippen molar-refractivity contribution >= 4 is 20.3 Å². The van der Waals surface area contributed by atoms with Gasteiger partial charge in [-0.1, -0.05) is 39.1 Å². The van der Waals surface area contributed by atoms with Crippen molar-refractivity contribution < 1.29 is 4.43 Å². The molecule has 2 rings (SSSR count). The Bertz CT molecular complexity index is 369. The van der Waals surface area contributed by atoms with Gasteiger partial charge < -0.3 is 4.43 Å². The van der Waals surface area contributed by atoms with Gasteiger partial charge in [0, 0.05) is 24.8 Å². The van der Waals surface area contributed by atoms with Crippen LogP contribution in [0.2, 0.25) is 18.1 Å². The van der Waals surface area contributed by atoms with Gasteiger partial charge >= 0.3 is 0 Å². The minimum atomic E-state index is -1.67. The van der Waals surface area contributed by atoms with E-state index >= 15 is 0 Å². The van der Waals surface area contributed by atoms with E-state index in [1.54, 1.807) is 0 Å². The summed E-state index contributed by atoms with van der Waals surface area (Å²) in [6.45, 7) is 14.2. The molecule has 1 saturated heterocycles. The highest BCUT2D eigenvalue weighted by Crippen LogP contribution is 2.40. The summed E-state index contributed by atoms with van der Waals surface area (Å²) in [5.41, 5.74) is 0. The largest absolute Gasteiger partial charge is 0.547 e. The van der Waals surface area contributed by atoms with E-state index in [1.165, 1.54) is 51.0 Å². The quantitative estimate of drug-likeness (QED) is 0.494. The molecule has 2 nitrogen and oxygen atoms in total. The van der Waals surface area contributed by atoms with E-state index in [9.17, 15) is 0 Å². The molecule has 4 heteroatoms. The predicted molar refractivity (Wildman–Crippen MR) is 97.0 cm³/mol. The minimum absolute atomic E-state index is 0.292. The molecule has 0 aromatic rings. The average Bonchev–Trinajstić information content (AvgIpc) is 2.38. The topological polar surface area (TPSA) is 12.5 Å². The average molecular weight is 328 g/mol. The molecule has 1 aliphatic heterocycles. The Morgan fingerprint density at radius 1 is 1.14 bits per heavy atom. The number of nitrogens with zero attached hydrogens (tertiary/aromatic N) is 1. The van der Waals surface area contributed by atoms with Gasteiger partial charge in [0.15, 0.2) is 0 Å². The summed E-state index contributed by atoms with van der Waals surface area (Å²) in [4.78, 5) is 0. The van der Waals surface area contributed by atoms with E-state index in [2.05, 4.69) is 56.2 Å². The van der Waals surface area contributed by atoms with Crippen LogP contribution in [0.25, 0.3) is 0 Å². The van der Waals surface area contributed by atoms with Crippen LogP contribution in [-0.2, 0) is 4.43 Å². The van der Waals surface area contributed by atoms with Gasteiger partial charge in [0.1, 0.15) is 0 Å². The van der Waals surface area contributed by atoms with Crippen molar-refractivity contribution in [2.45, 2.75) is 82.7 Å². The predicted octanol–water partition coefficient (Wildman–Crippen LogP) is 5.58. The lowest BCUT2D eigenvalue weighted by Crippen LogP contribution is -2.40. The summed E-state index contributed by atoms with van der Waals surface area (Å²) in [7, 11) is -1.67. The Morgan fingerprint density at radius 3 is 2.43 bits per heavy atom. The van der Waals surface area contributed by atoms with Gasteiger partial charge in [-0.15, -0.1) is 0 Å². The minimum Gasteiger partial charge on any atom is -0.547 e. The monoisotopic (exact) mass is 327 g/mol. The lowest BCUT2D eigenvalue weighted by Gasteiger charge is -2.39. The number of piperidine rings is 1. The third-order valence-corrected chi connectivity index (χ3v) is 10.8. The zero-order valence-electron chi connectivity index (χ0n) is 14.6. The molecule has 2 aliphatic rings. The van der Waals surface area contributed by atoms with Gasteiger partial charge in [-0.05, 0) is 49.9 Å². The van der Waals surface area contributed by atoms with Crippen molar-refractivity contribution in [1.82, 2.24) is 4.31 Å². The highest BCUT2D eigenvalue weighted by molar-refractivity contribution is 7.97. The summed E-state index contributed by atoms with van der Waals surface area (Å²) < 4.78 is 9.11. The molecule has 0 N–H and O–H groups in total. The molecule has 0 spiro atoms. The van der Waals surface area contributed by atoms with E-state index in [1.807, 2.05) is 0 Å². The third kappa shape index (κ3) is 5.04. The smallest absolute Gasteiger partial charge is 0.250 e. The van der Waals surface area contributed by atoms with Crippen LogP contribution in [0.4, 0.5) is 0 Å². The van der Waals surface area contributed by atoms with E-state index in [4.69, 9.17) is 4.43 Å². The maximum absolute atomic E-state index is 6.53. The number of rotatable bonds is 4. The van der Waals surface area contributed by atoms with E-state index < -0.39 is 8.32 Å². The van der Waals surface area contributed by atoms with Crippen LogP contribution in [0, 0.1) is 0 Å². The number of hydrogen-bond donors (Lipinski definition) is 0. The van der Waals surface area contributed by atoms with Gasteiger partial charge in [0.05, 0.1) is 5.76 Å². The molecule has 1 fully saturated rings. The molecule has 1 atom stereocenters. The molecule has 0 radical (unpaired) electrons. The maximum Gasteiger partial charge on any atom is 0.250 e. The SMILES string of the molecule is CC(C)(C)[Si](C)(C)OC1=CC(SN2CCCCC2)CCC1. The summed E-state index contributed by atoms with van der Waals surface area (Å²) in [5, 5.41) is 0.928. The lowest BCUT2D eigenvalue weighted by molar-refractivity contribution is 0.350. The first-order valence-corrected chi connectivity index (χ1v) is 12.3. The molecule has 0 amide bonds. The summed E-state index contributed by atoms with van der Waals surface area (Å²) in [5.74, 6) is 1.28.